The number of carbonyl (C=O) groups excluding carboxylic acids is 1. The Morgan fingerprint density at radius 1 is 1.52 bits per heavy atom. The van der Waals surface area contributed by atoms with E-state index in [0.29, 0.717) is 37.2 Å². The second-order valence-electron chi connectivity index (χ2n) is 6.27. The summed E-state index contributed by atoms with van der Waals surface area (Å²) in [6, 6.07) is 8.47. The van der Waals surface area contributed by atoms with Crippen molar-refractivity contribution in [2.24, 2.45) is 7.05 Å². The van der Waals surface area contributed by atoms with Crippen molar-refractivity contribution in [2.75, 3.05) is 13.1 Å². The molecule has 1 aromatic carbocycles. The standard InChI is InChI=1S/C18H20FN5O/c1-23-6-5-21-17(23)12-24-11-15(19)8-16(24)10-22-18(25)14-4-2-3-13(7-14)9-20/h2-7,15-16H,8,10-12H2,1H3,(H,22,25)/t15-,16-/m0/s1. The fourth-order valence-corrected chi connectivity index (χ4v) is 3.10. The lowest BCUT2D eigenvalue weighted by Gasteiger charge is -2.24. The minimum absolute atomic E-state index is 0.0743. The first-order valence-corrected chi connectivity index (χ1v) is 8.19. The van der Waals surface area contributed by atoms with Crippen LogP contribution >= 0.6 is 0 Å². The van der Waals surface area contributed by atoms with Crippen LogP contribution in [0.3, 0.4) is 0 Å². The fraction of sp³-hybridized carbons (Fsp3) is 0.389. The van der Waals surface area contributed by atoms with Crippen molar-refractivity contribution in [1.29, 1.82) is 5.26 Å². The molecule has 1 fully saturated rings. The van der Waals surface area contributed by atoms with Gasteiger partial charge in [-0.05, 0) is 24.6 Å². The van der Waals surface area contributed by atoms with Crippen LogP contribution in [0.25, 0.3) is 0 Å². The lowest BCUT2D eigenvalue weighted by atomic mass is 10.1. The summed E-state index contributed by atoms with van der Waals surface area (Å²) in [5.41, 5.74) is 0.873. The van der Waals surface area contributed by atoms with E-state index in [9.17, 15) is 9.18 Å². The zero-order valence-electron chi connectivity index (χ0n) is 14.0. The van der Waals surface area contributed by atoms with Gasteiger partial charge in [-0.1, -0.05) is 6.07 Å². The number of nitrogens with zero attached hydrogens (tertiary/aromatic N) is 4. The number of aromatic nitrogens is 2. The lowest BCUT2D eigenvalue weighted by molar-refractivity contribution is 0.0939. The summed E-state index contributed by atoms with van der Waals surface area (Å²) in [6.45, 7) is 1.26. The molecule has 130 valence electrons. The molecule has 0 spiro atoms. The van der Waals surface area contributed by atoms with Crippen LogP contribution in [0.2, 0.25) is 0 Å². The number of amides is 1. The number of halogens is 1. The van der Waals surface area contributed by atoms with Gasteiger partial charge in [0, 0.05) is 44.1 Å². The number of hydrogen-bond acceptors (Lipinski definition) is 4. The molecule has 6 nitrogen and oxygen atoms in total. The zero-order valence-corrected chi connectivity index (χ0v) is 14.0. The van der Waals surface area contributed by atoms with Gasteiger partial charge in [-0.15, -0.1) is 0 Å². The molecule has 2 atom stereocenters. The van der Waals surface area contributed by atoms with Crippen LogP contribution in [0, 0.1) is 11.3 Å². The summed E-state index contributed by atoms with van der Waals surface area (Å²) < 4.78 is 15.8. The molecule has 3 rings (SSSR count). The third-order valence-corrected chi connectivity index (χ3v) is 4.49. The topological polar surface area (TPSA) is 74.0 Å². The van der Waals surface area contributed by atoms with Gasteiger partial charge in [0.25, 0.3) is 5.91 Å². The Labute approximate surface area is 145 Å². The minimum atomic E-state index is -0.899. The van der Waals surface area contributed by atoms with Crippen LogP contribution in [0.4, 0.5) is 4.39 Å². The van der Waals surface area contributed by atoms with E-state index in [1.54, 1.807) is 30.5 Å². The maximum absolute atomic E-state index is 13.9. The Kier molecular flexibility index (Phi) is 5.10. The predicted octanol–water partition coefficient (Wildman–Crippen LogP) is 1.63. The van der Waals surface area contributed by atoms with Crippen molar-refractivity contribution in [3.05, 3.63) is 53.6 Å². The number of carbonyl (C=O) groups is 1. The van der Waals surface area contributed by atoms with E-state index >= 15 is 0 Å². The van der Waals surface area contributed by atoms with Crippen molar-refractivity contribution in [1.82, 2.24) is 19.8 Å². The number of alkyl halides is 1. The van der Waals surface area contributed by atoms with Crippen molar-refractivity contribution < 1.29 is 9.18 Å². The summed E-state index contributed by atoms with van der Waals surface area (Å²) in [6.07, 6.45) is 3.07. The molecule has 1 saturated heterocycles. The van der Waals surface area contributed by atoms with Gasteiger partial charge in [0.1, 0.15) is 12.0 Å². The molecule has 0 radical (unpaired) electrons. The van der Waals surface area contributed by atoms with Crippen molar-refractivity contribution in [3.8, 4) is 6.07 Å². The molecule has 1 amide bonds. The number of hydrogen-bond donors (Lipinski definition) is 1. The van der Waals surface area contributed by atoms with Gasteiger partial charge in [-0.25, -0.2) is 9.37 Å². The van der Waals surface area contributed by atoms with Gasteiger partial charge in [0.15, 0.2) is 0 Å². The monoisotopic (exact) mass is 341 g/mol. The molecule has 1 aliphatic heterocycles. The molecule has 1 aromatic heterocycles. The fourth-order valence-electron chi connectivity index (χ4n) is 3.10. The predicted molar refractivity (Wildman–Crippen MR) is 90.4 cm³/mol. The van der Waals surface area contributed by atoms with Crippen LogP contribution in [-0.2, 0) is 13.6 Å². The minimum Gasteiger partial charge on any atom is -0.350 e. The Morgan fingerprint density at radius 3 is 3.08 bits per heavy atom. The lowest BCUT2D eigenvalue weighted by Crippen LogP contribution is -2.40. The molecule has 7 heteroatoms. The SMILES string of the molecule is Cn1ccnc1CN1C[C@@H](F)C[C@H]1CNC(=O)c1cccc(C#N)c1. The molecular weight excluding hydrogens is 321 g/mol. The second kappa shape index (κ2) is 7.45. The quantitative estimate of drug-likeness (QED) is 0.897. The van der Waals surface area contributed by atoms with E-state index in [4.69, 9.17) is 5.26 Å². The van der Waals surface area contributed by atoms with Gasteiger partial charge in [0.05, 0.1) is 18.2 Å². The van der Waals surface area contributed by atoms with E-state index in [2.05, 4.69) is 10.3 Å². The Bertz CT molecular complexity index is 797. The van der Waals surface area contributed by atoms with E-state index < -0.39 is 6.17 Å². The van der Waals surface area contributed by atoms with Crippen molar-refractivity contribution in [3.63, 3.8) is 0 Å². The first kappa shape index (κ1) is 17.1. The Balaban J connectivity index is 1.61. The van der Waals surface area contributed by atoms with Crippen LogP contribution in [0.5, 0.6) is 0 Å². The van der Waals surface area contributed by atoms with E-state index in [1.807, 2.05) is 28.8 Å². The van der Waals surface area contributed by atoms with Gasteiger partial charge < -0.3 is 9.88 Å². The average Bonchev–Trinajstić information content (AvgIpc) is 3.18. The first-order valence-electron chi connectivity index (χ1n) is 8.19. The highest BCUT2D eigenvalue weighted by atomic mass is 19.1. The van der Waals surface area contributed by atoms with E-state index in [1.165, 1.54) is 0 Å². The highest BCUT2D eigenvalue weighted by Crippen LogP contribution is 2.22. The number of nitrogens with one attached hydrogen (secondary N) is 1. The third kappa shape index (κ3) is 4.03. The van der Waals surface area contributed by atoms with Gasteiger partial charge in [-0.3, -0.25) is 9.69 Å². The van der Waals surface area contributed by atoms with Gasteiger partial charge in [-0.2, -0.15) is 5.26 Å². The summed E-state index contributed by atoms with van der Waals surface area (Å²) in [5.74, 6) is 0.614. The molecule has 0 saturated carbocycles. The molecule has 0 unspecified atom stereocenters. The summed E-state index contributed by atoms with van der Waals surface area (Å²) >= 11 is 0. The number of likely N-dealkylation sites (tertiary alicyclic amines) is 1. The largest absolute Gasteiger partial charge is 0.350 e. The highest BCUT2D eigenvalue weighted by molar-refractivity contribution is 5.94. The van der Waals surface area contributed by atoms with Crippen molar-refractivity contribution in [2.45, 2.75) is 25.2 Å². The van der Waals surface area contributed by atoms with Gasteiger partial charge >= 0.3 is 0 Å². The molecule has 1 N–H and O–H groups in total. The summed E-state index contributed by atoms with van der Waals surface area (Å²) in [7, 11) is 1.91. The molecule has 2 aromatic rings. The summed E-state index contributed by atoms with van der Waals surface area (Å²) in [5, 5.41) is 11.8. The molecule has 25 heavy (non-hydrogen) atoms. The van der Waals surface area contributed by atoms with Gasteiger partial charge in [0.2, 0.25) is 0 Å². The Morgan fingerprint density at radius 2 is 2.36 bits per heavy atom. The second-order valence-corrected chi connectivity index (χ2v) is 6.27. The first-order chi connectivity index (χ1) is 12.1. The highest BCUT2D eigenvalue weighted by Gasteiger charge is 2.32. The van der Waals surface area contributed by atoms with Crippen LogP contribution in [0.15, 0.2) is 36.7 Å². The molecular formula is C18H20FN5O. The number of imidazole rings is 1. The Hall–Kier alpha value is -2.72. The molecule has 0 bridgehead atoms. The summed E-state index contributed by atoms with van der Waals surface area (Å²) in [4.78, 5) is 18.6. The maximum Gasteiger partial charge on any atom is 0.251 e. The van der Waals surface area contributed by atoms with Crippen LogP contribution in [-0.4, -0.2) is 45.7 Å². The van der Waals surface area contributed by atoms with E-state index in [0.717, 1.165) is 5.82 Å². The van der Waals surface area contributed by atoms with E-state index in [-0.39, 0.29) is 11.9 Å². The van der Waals surface area contributed by atoms with Crippen molar-refractivity contribution >= 4 is 5.91 Å². The smallest absolute Gasteiger partial charge is 0.251 e. The number of benzene rings is 1. The van der Waals surface area contributed by atoms with Crippen LogP contribution < -0.4 is 5.32 Å². The zero-order chi connectivity index (χ0) is 17.8. The molecule has 2 heterocycles. The molecule has 1 aliphatic rings. The maximum atomic E-state index is 13.9. The average molecular weight is 341 g/mol. The van der Waals surface area contributed by atoms with Crippen LogP contribution in [0.1, 0.15) is 28.2 Å². The third-order valence-electron chi connectivity index (χ3n) is 4.49. The normalized spacial score (nSPS) is 20.4. The number of nitriles is 1. The molecule has 0 aliphatic carbocycles. The number of aryl methyl sites for hydroxylation is 1. The number of rotatable bonds is 5.